The van der Waals surface area contributed by atoms with Crippen LogP contribution in [-0.2, 0) is 15.6 Å². The molecule has 2 aromatic carbocycles. The first-order valence-corrected chi connectivity index (χ1v) is 11.6. The molecular weight excluding hydrogens is 478 g/mol. The highest BCUT2D eigenvalue weighted by Gasteiger charge is 2.19. The van der Waals surface area contributed by atoms with Crippen molar-refractivity contribution in [1.29, 1.82) is 0 Å². The summed E-state index contributed by atoms with van der Waals surface area (Å²) in [4.78, 5) is 0. The molecule has 0 saturated carbocycles. The van der Waals surface area contributed by atoms with Crippen molar-refractivity contribution >= 4 is 46.4 Å². The quantitative estimate of drug-likeness (QED) is 0.336. The van der Waals surface area contributed by atoms with Gasteiger partial charge in [0, 0.05) is 0 Å². The van der Waals surface area contributed by atoms with Crippen LogP contribution in [0.15, 0.2) is 24.3 Å². The molecule has 0 aliphatic heterocycles. The van der Waals surface area contributed by atoms with Crippen molar-refractivity contribution in [3.05, 3.63) is 55.5 Å². The van der Waals surface area contributed by atoms with Gasteiger partial charge < -0.3 is 14.2 Å². The third-order valence-corrected chi connectivity index (χ3v) is 5.80. The maximum absolute atomic E-state index is 6.34. The van der Waals surface area contributed by atoms with E-state index in [0.29, 0.717) is 58.0 Å². The lowest BCUT2D eigenvalue weighted by Gasteiger charge is -2.21. The second-order valence-electron chi connectivity index (χ2n) is 9.35. The Morgan fingerprint density at radius 3 is 1.10 bits per heavy atom. The highest BCUT2D eigenvalue weighted by Crippen LogP contribution is 2.39. The summed E-state index contributed by atoms with van der Waals surface area (Å²) < 4.78 is 17.0. The average Bonchev–Trinajstić information content (AvgIpc) is 2.62. The zero-order chi connectivity index (χ0) is 23.4. The van der Waals surface area contributed by atoms with Crippen LogP contribution in [0.3, 0.4) is 0 Å². The molecule has 0 aromatic heterocycles. The fourth-order valence-electron chi connectivity index (χ4n) is 2.77. The molecule has 0 radical (unpaired) electrons. The number of benzene rings is 2. The molecule has 0 heterocycles. The lowest BCUT2D eigenvalue weighted by atomic mass is 9.87. The third kappa shape index (κ3) is 7.61. The molecule has 172 valence electrons. The summed E-state index contributed by atoms with van der Waals surface area (Å²) in [5, 5.41) is 1.96. The van der Waals surface area contributed by atoms with Gasteiger partial charge in [-0.1, -0.05) is 87.9 Å². The van der Waals surface area contributed by atoms with Gasteiger partial charge in [-0.25, -0.2) is 0 Å². The van der Waals surface area contributed by atoms with E-state index in [2.05, 4.69) is 41.5 Å². The van der Waals surface area contributed by atoms with E-state index in [1.807, 2.05) is 24.3 Å². The molecule has 0 saturated heterocycles. The lowest BCUT2D eigenvalue weighted by Crippen LogP contribution is -2.14. The normalized spacial score (nSPS) is 12.2. The molecule has 31 heavy (non-hydrogen) atoms. The van der Waals surface area contributed by atoms with Crippen molar-refractivity contribution in [3.8, 4) is 11.5 Å². The Bertz CT molecular complexity index is 779. The van der Waals surface area contributed by atoms with E-state index in [1.165, 1.54) is 0 Å². The van der Waals surface area contributed by atoms with Crippen molar-refractivity contribution in [2.24, 2.45) is 0 Å². The number of hydrogen-bond acceptors (Lipinski definition) is 3. The molecule has 0 aliphatic carbocycles. The van der Waals surface area contributed by atoms with Crippen LogP contribution in [0.4, 0.5) is 0 Å². The van der Waals surface area contributed by atoms with E-state index in [4.69, 9.17) is 60.6 Å². The average molecular weight is 508 g/mol. The van der Waals surface area contributed by atoms with Crippen LogP contribution in [0.5, 0.6) is 11.5 Å². The minimum atomic E-state index is -0.0478. The topological polar surface area (TPSA) is 27.7 Å². The Morgan fingerprint density at radius 1 is 0.548 bits per heavy atom. The maximum atomic E-state index is 6.34. The number of halogens is 4. The SMILES string of the molecule is CC(C)(C)c1cc(Cl)c(OCCOCCOc2c(Cl)cc(C(C)(C)C)cc2Cl)c(Cl)c1. The van der Waals surface area contributed by atoms with E-state index in [0.717, 1.165) is 11.1 Å². The minimum absolute atomic E-state index is 0.0478. The predicted molar refractivity (Wildman–Crippen MR) is 132 cm³/mol. The van der Waals surface area contributed by atoms with Crippen LogP contribution in [0.25, 0.3) is 0 Å². The van der Waals surface area contributed by atoms with Crippen LogP contribution in [0.2, 0.25) is 20.1 Å². The molecule has 0 fully saturated rings. The molecule has 0 bridgehead atoms. The Hall–Kier alpha value is -0.840. The van der Waals surface area contributed by atoms with Crippen LogP contribution in [-0.4, -0.2) is 26.4 Å². The molecule has 0 amide bonds. The van der Waals surface area contributed by atoms with Gasteiger partial charge in [-0.05, 0) is 46.2 Å². The predicted octanol–water partition coefficient (Wildman–Crippen LogP) is 8.37. The Morgan fingerprint density at radius 2 is 0.839 bits per heavy atom. The van der Waals surface area contributed by atoms with Gasteiger partial charge in [0.2, 0.25) is 0 Å². The summed E-state index contributed by atoms with van der Waals surface area (Å²) in [5.74, 6) is 0.933. The first-order valence-electron chi connectivity index (χ1n) is 10.1. The van der Waals surface area contributed by atoms with E-state index < -0.39 is 0 Å². The molecular formula is C24H30Cl4O3. The molecule has 0 atom stereocenters. The first kappa shape index (κ1) is 26.4. The molecule has 0 unspecified atom stereocenters. The van der Waals surface area contributed by atoms with Crippen LogP contribution in [0.1, 0.15) is 52.7 Å². The summed E-state index contributed by atoms with van der Waals surface area (Å²) >= 11 is 25.4. The number of ether oxygens (including phenoxy) is 3. The summed E-state index contributed by atoms with van der Waals surface area (Å²) in [6.45, 7) is 14.0. The third-order valence-electron chi connectivity index (χ3n) is 4.68. The highest BCUT2D eigenvalue weighted by atomic mass is 35.5. The first-order chi connectivity index (χ1) is 14.3. The summed E-state index contributed by atoms with van der Waals surface area (Å²) in [7, 11) is 0. The fourth-order valence-corrected chi connectivity index (χ4v) is 3.96. The Kier molecular flexibility index (Phi) is 9.25. The standard InChI is InChI=1S/C24H30Cl4O3/c1-23(2,3)15-11-17(25)21(18(26)12-15)30-9-7-29-8-10-31-22-19(27)13-16(14-20(22)28)24(4,5)6/h11-14H,7-10H2,1-6H3. The van der Waals surface area contributed by atoms with E-state index in [1.54, 1.807) is 0 Å². The van der Waals surface area contributed by atoms with Crippen molar-refractivity contribution in [1.82, 2.24) is 0 Å². The van der Waals surface area contributed by atoms with Gasteiger partial charge in [-0.15, -0.1) is 0 Å². The van der Waals surface area contributed by atoms with Gasteiger partial charge in [0.15, 0.2) is 11.5 Å². The summed E-state index contributed by atoms with van der Waals surface area (Å²) in [6.07, 6.45) is 0. The molecule has 7 heteroatoms. The summed E-state index contributed by atoms with van der Waals surface area (Å²) in [6, 6.07) is 7.54. The molecule has 2 aromatic rings. The monoisotopic (exact) mass is 506 g/mol. The van der Waals surface area contributed by atoms with Gasteiger partial charge in [0.05, 0.1) is 33.3 Å². The van der Waals surface area contributed by atoms with Gasteiger partial charge in [-0.2, -0.15) is 0 Å². The largest absolute Gasteiger partial charge is 0.488 e. The van der Waals surface area contributed by atoms with Gasteiger partial charge in [0.1, 0.15) is 13.2 Å². The van der Waals surface area contributed by atoms with E-state index >= 15 is 0 Å². The Labute approximate surface area is 205 Å². The van der Waals surface area contributed by atoms with E-state index in [-0.39, 0.29) is 10.8 Å². The van der Waals surface area contributed by atoms with Crippen molar-refractivity contribution in [2.45, 2.75) is 52.4 Å². The smallest absolute Gasteiger partial charge is 0.156 e. The van der Waals surface area contributed by atoms with Gasteiger partial charge >= 0.3 is 0 Å². The second kappa shape index (κ2) is 10.9. The number of hydrogen-bond donors (Lipinski definition) is 0. The zero-order valence-electron chi connectivity index (χ0n) is 18.9. The lowest BCUT2D eigenvalue weighted by molar-refractivity contribution is 0.0765. The van der Waals surface area contributed by atoms with Crippen LogP contribution < -0.4 is 9.47 Å². The number of rotatable bonds is 8. The molecule has 0 aliphatic rings. The van der Waals surface area contributed by atoms with E-state index in [9.17, 15) is 0 Å². The van der Waals surface area contributed by atoms with Crippen molar-refractivity contribution in [2.75, 3.05) is 26.4 Å². The maximum Gasteiger partial charge on any atom is 0.156 e. The van der Waals surface area contributed by atoms with Gasteiger partial charge in [0.25, 0.3) is 0 Å². The molecule has 3 nitrogen and oxygen atoms in total. The molecule has 2 rings (SSSR count). The highest BCUT2D eigenvalue weighted by molar-refractivity contribution is 6.37. The Balaban J connectivity index is 1.79. The van der Waals surface area contributed by atoms with Crippen LogP contribution in [0, 0.1) is 0 Å². The second-order valence-corrected chi connectivity index (χ2v) is 11.0. The van der Waals surface area contributed by atoms with Crippen molar-refractivity contribution in [3.63, 3.8) is 0 Å². The summed E-state index contributed by atoms with van der Waals surface area (Å²) in [5.41, 5.74) is 2.01. The van der Waals surface area contributed by atoms with Crippen LogP contribution >= 0.6 is 46.4 Å². The molecule has 0 N–H and O–H groups in total. The molecule has 0 spiro atoms. The zero-order valence-corrected chi connectivity index (χ0v) is 21.9. The minimum Gasteiger partial charge on any atom is -0.488 e. The fraction of sp³-hybridized carbons (Fsp3) is 0.500. The van der Waals surface area contributed by atoms with Gasteiger partial charge in [-0.3, -0.25) is 0 Å². The van der Waals surface area contributed by atoms with Crippen molar-refractivity contribution < 1.29 is 14.2 Å².